The lowest BCUT2D eigenvalue weighted by Gasteiger charge is -2.24. The second kappa shape index (κ2) is 6.56. The van der Waals surface area contributed by atoms with E-state index < -0.39 is 0 Å². The van der Waals surface area contributed by atoms with Gasteiger partial charge in [-0.15, -0.1) is 0 Å². The van der Waals surface area contributed by atoms with Crippen LogP contribution in [0.25, 0.3) is 0 Å². The smallest absolute Gasteiger partial charge is 0.230 e. The average molecular weight is 339 g/mol. The first kappa shape index (κ1) is 16.2. The fraction of sp³-hybridized carbons (Fsp3) is 0.400. The Kier molecular flexibility index (Phi) is 4.25. The van der Waals surface area contributed by atoms with Crippen molar-refractivity contribution in [1.82, 2.24) is 14.8 Å². The highest BCUT2D eigenvalue weighted by molar-refractivity contribution is 5.85. The average Bonchev–Trinajstić information content (AvgIpc) is 3.15. The molecular weight excluding hydrogens is 317 g/mol. The Bertz CT molecular complexity index is 767. The third kappa shape index (κ3) is 3.29. The fourth-order valence-corrected chi connectivity index (χ4v) is 4.12. The molecule has 1 aromatic heterocycles. The molecule has 0 unspecified atom stereocenters. The second-order valence-electron chi connectivity index (χ2n) is 7.21. The van der Waals surface area contributed by atoms with E-state index in [-0.39, 0.29) is 17.1 Å². The fourth-order valence-electron chi connectivity index (χ4n) is 4.12. The van der Waals surface area contributed by atoms with E-state index in [0.717, 1.165) is 44.6 Å². The number of hydrogen-bond acceptors (Lipinski definition) is 3. The van der Waals surface area contributed by atoms with Gasteiger partial charge in [0, 0.05) is 38.6 Å². The summed E-state index contributed by atoms with van der Waals surface area (Å²) in [5.41, 5.74) is 1.78. The highest BCUT2D eigenvalue weighted by atomic mass is 19.1. The summed E-state index contributed by atoms with van der Waals surface area (Å²) in [7, 11) is 0. The number of carbonyl (C=O) groups is 1. The Hall–Kier alpha value is -2.27. The summed E-state index contributed by atoms with van der Waals surface area (Å²) in [4.78, 5) is 21.4. The number of hydrogen-bond donors (Lipinski definition) is 0. The molecule has 2 aliphatic heterocycles. The predicted molar refractivity (Wildman–Crippen MR) is 93.0 cm³/mol. The topological polar surface area (TPSA) is 36.4 Å². The molecule has 0 saturated carbocycles. The summed E-state index contributed by atoms with van der Waals surface area (Å²) in [5.74, 6) is -0.0205. The summed E-state index contributed by atoms with van der Waals surface area (Å²) >= 11 is 0. The normalized spacial score (nSPS) is 23.7. The third-order valence-corrected chi connectivity index (χ3v) is 5.43. The molecule has 1 spiro atoms. The molecular formula is C20H22FN3O. The first-order chi connectivity index (χ1) is 12.1. The number of halogens is 1. The third-order valence-electron chi connectivity index (χ3n) is 5.43. The van der Waals surface area contributed by atoms with Crippen LogP contribution in [0.2, 0.25) is 0 Å². The highest BCUT2D eigenvalue weighted by Crippen LogP contribution is 2.41. The first-order valence-corrected chi connectivity index (χ1v) is 8.80. The number of carbonyl (C=O) groups excluding carboxylic acids is 1. The molecule has 1 aromatic carbocycles. The molecule has 25 heavy (non-hydrogen) atoms. The maximum Gasteiger partial charge on any atom is 0.230 e. The van der Waals surface area contributed by atoms with E-state index in [1.807, 2.05) is 23.2 Å². The molecule has 2 aliphatic rings. The number of benzene rings is 1. The van der Waals surface area contributed by atoms with Crippen molar-refractivity contribution in [1.29, 1.82) is 0 Å². The minimum absolute atomic E-state index is 0.227. The van der Waals surface area contributed by atoms with Gasteiger partial charge in [0.2, 0.25) is 5.91 Å². The van der Waals surface area contributed by atoms with Crippen molar-refractivity contribution in [3.05, 3.63) is 65.7 Å². The molecule has 0 radical (unpaired) electrons. The monoisotopic (exact) mass is 339 g/mol. The van der Waals surface area contributed by atoms with E-state index in [4.69, 9.17) is 0 Å². The first-order valence-electron chi connectivity index (χ1n) is 8.80. The predicted octanol–water partition coefficient (Wildman–Crippen LogP) is 2.85. The Morgan fingerprint density at radius 1 is 1.08 bits per heavy atom. The molecule has 3 heterocycles. The zero-order valence-corrected chi connectivity index (χ0v) is 14.2. The van der Waals surface area contributed by atoms with Gasteiger partial charge in [0.15, 0.2) is 0 Å². The maximum atomic E-state index is 13.4. The lowest BCUT2D eigenvalue weighted by molar-refractivity contribution is -0.136. The molecule has 4 nitrogen and oxygen atoms in total. The van der Waals surface area contributed by atoms with Crippen LogP contribution in [0.4, 0.5) is 4.39 Å². The quantitative estimate of drug-likeness (QED) is 0.859. The molecule has 0 aliphatic carbocycles. The molecule has 2 fully saturated rings. The van der Waals surface area contributed by atoms with Gasteiger partial charge in [0.25, 0.3) is 0 Å². The highest BCUT2D eigenvalue weighted by Gasteiger charge is 2.50. The van der Waals surface area contributed by atoms with Crippen LogP contribution in [0.1, 0.15) is 24.0 Å². The summed E-state index contributed by atoms with van der Waals surface area (Å²) in [6.07, 6.45) is 5.47. The van der Waals surface area contributed by atoms with E-state index in [2.05, 4.69) is 16.0 Å². The summed E-state index contributed by atoms with van der Waals surface area (Å²) < 4.78 is 13.4. The van der Waals surface area contributed by atoms with Crippen LogP contribution in [-0.2, 0) is 17.9 Å². The van der Waals surface area contributed by atoms with Crippen LogP contribution in [0.3, 0.4) is 0 Å². The summed E-state index contributed by atoms with van der Waals surface area (Å²) in [5, 5.41) is 0. The van der Waals surface area contributed by atoms with E-state index in [0.29, 0.717) is 6.54 Å². The molecule has 0 N–H and O–H groups in total. The molecule has 4 rings (SSSR count). The van der Waals surface area contributed by atoms with Crippen molar-refractivity contribution < 1.29 is 9.18 Å². The number of rotatable bonds is 4. The largest absolute Gasteiger partial charge is 0.338 e. The van der Waals surface area contributed by atoms with Crippen LogP contribution in [0.5, 0.6) is 0 Å². The van der Waals surface area contributed by atoms with Gasteiger partial charge < -0.3 is 4.90 Å². The number of amides is 1. The minimum atomic E-state index is -0.254. The maximum absolute atomic E-state index is 13.4. The lowest BCUT2D eigenvalue weighted by Crippen LogP contribution is -2.36. The zero-order chi connectivity index (χ0) is 17.3. The number of aromatic nitrogens is 1. The van der Waals surface area contributed by atoms with Gasteiger partial charge in [-0.2, -0.15) is 0 Å². The van der Waals surface area contributed by atoms with Gasteiger partial charge in [0.1, 0.15) is 5.82 Å². The standard InChI is InChI=1S/C20H22FN3O/c21-18-5-1-3-16(11-18)14-24-10-7-20(19(24)25)6-9-23(15-20)13-17-4-2-8-22-12-17/h1-5,8,11-12H,6-7,9-10,13-15H2/t20-/m1/s1. The van der Waals surface area contributed by atoms with Gasteiger partial charge in [-0.1, -0.05) is 18.2 Å². The van der Waals surface area contributed by atoms with E-state index in [9.17, 15) is 9.18 Å². The van der Waals surface area contributed by atoms with Gasteiger partial charge in [-0.25, -0.2) is 4.39 Å². The Morgan fingerprint density at radius 2 is 1.92 bits per heavy atom. The van der Waals surface area contributed by atoms with Gasteiger partial charge in [0.05, 0.1) is 5.41 Å². The van der Waals surface area contributed by atoms with E-state index >= 15 is 0 Å². The van der Waals surface area contributed by atoms with E-state index in [1.54, 1.807) is 12.3 Å². The van der Waals surface area contributed by atoms with Crippen LogP contribution in [-0.4, -0.2) is 40.3 Å². The molecule has 130 valence electrons. The van der Waals surface area contributed by atoms with Crippen LogP contribution in [0, 0.1) is 11.2 Å². The Labute approximate surface area is 147 Å². The van der Waals surface area contributed by atoms with E-state index in [1.165, 1.54) is 17.7 Å². The summed E-state index contributed by atoms with van der Waals surface area (Å²) in [6, 6.07) is 10.6. The van der Waals surface area contributed by atoms with Crippen LogP contribution < -0.4 is 0 Å². The van der Waals surface area contributed by atoms with Gasteiger partial charge >= 0.3 is 0 Å². The van der Waals surface area contributed by atoms with Crippen molar-refractivity contribution in [2.24, 2.45) is 5.41 Å². The van der Waals surface area contributed by atoms with Gasteiger partial charge in [-0.3, -0.25) is 14.7 Å². The summed E-state index contributed by atoms with van der Waals surface area (Å²) in [6.45, 7) is 3.85. The van der Waals surface area contributed by atoms with Crippen molar-refractivity contribution in [3.63, 3.8) is 0 Å². The molecule has 1 atom stereocenters. The minimum Gasteiger partial charge on any atom is -0.338 e. The number of nitrogens with zero attached hydrogens (tertiary/aromatic N) is 3. The molecule has 0 bridgehead atoms. The molecule has 5 heteroatoms. The zero-order valence-electron chi connectivity index (χ0n) is 14.2. The van der Waals surface area contributed by atoms with Crippen molar-refractivity contribution in [2.45, 2.75) is 25.9 Å². The van der Waals surface area contributed by atoms with Crippen LogP contribution >= 0.6 is 0 Å². The Morgan fingerprint density at radius 3 is 2.72 bits per heavy atom. The molecule has 1 amide bonds. The number of pyridine rings is 1. The van der Waals surface area contributed by atoms with Crippen LogP contribution in [0.15, 0.2) is 48.8 Å². The molecule has 2 saturated heterocycles. The number of likely N-dealkylation sites (tertiary alicyclic amines) is 2. The Balaban J connectivity index is 1.41. The lowest BCUT2D eigenvalue weighted by atomic mass is 9.85. The van der Waals surface area contributed by atoms with Gasteiger partial charge in [-0.05, 0) is 48.7 Å². The second-order valence-corrected chi connectivity index (χ2v) is 7.21. The van der Waals surface area contributed by atoms with Crippen molar-refractivity contribution >= 4 is 5.91 Å². The molecule has 2 aromatic rings. The van der Waals surface area contributed by atoms with Crippen molar-refractivity contribution in [3.8, 4) is 0 Å². The van der Waals surface area contributed by atoms with Crippen molar-refractivity contribution in [2.75, 3.05) is 19.6 Å². The SMILES string of the molecule is O=C1N(Cc2cccc(F)c2)CC[C@@]12CCN(Cc1cccnc1)C2.